The number of furan rings is 1. The number of carbonyl (C=O) groups excluding carboxylic acids is 1. The number of aromatic nitrogens is 1. The molecule has 2 heterocycles. The fraction of sp³-hybridized carbons (Fsp3) is 0.278. The SMILES string of the molecule is CCOc1ccc2cc(C(=O)NC(C)c3ccc(C)o3)[nH]c2c1. The molecule has 2 N–H and O–H groups in total. The van der Waals surface area contributed by atoms with Gasteiger partial charge in [0.25, 0.3) is 5.91 Å². The van der Waals surface area contributed by atoms with Gasteiger partial charge in [0.15, 0.2) is 0 Å². The first-order valence-corrected chi connectivity index (χ1v) is 7.69. The van der Waals surface area contributed by atoms with Gasteiger partial charge >= 0.3 is 0 Å². The Labute approximate surface area is 134 Å². The summed E-state index contributed by atoms with van der Waals surface area (Å²) < 4.78 is 11.0. The van der Waals surface area contributed by atoms with Gasteiger partial charge in [0.1, 0.15) is 23.0 Å². The Kier molecular flexibility index (Phi) is 4.10. The van der Waals surface area contributed by atoms with Crippen molar-refractivity contribution in [2.45, 2.75) is 26.8 Å². The van der Waals surface area contributed by atoms with Crippen LogP contribution in [-0.2, 0) is 0 Å². The molecule has 5 heteroatoms. The number of nitrogens with one attached hydrogen (secondary N) is 2. The van der Waals surface area contributed by atoms with Crippen LogP contribution in [0.3, 0.4) is 0 Å². The molecule has 0 saturated heterocycles. The van der Waals surface area contributed by atoms with Crippen molar-refractivity contribution in [2.24, 2.45) is 0 Å². The molecule has 0 saturated carbocycles. The van der Waals surface area contributed by atoms with Gasteiger partial charge in [-0.1, -0.05) is 0 Å². The van der Waals surface area contributed by atoms with Crippen molar-refractivity contribution in [1.29, 1.82) is 0 Å². The number of fused-ring (bicyclic) bond motifs is 1. The summed E-state index contributed by atoms with van der Waals surface area (Å²) in [5.74, 6) is 2.19. The van der Waals surface area contributed by atoms with Gasteiger partial charge in [-0.3, -0.25) is 4.79 Å². The van der Waals surface area contributed by atoms with Gasteiger partial charge in [0.2, 0.25) is 0 Å². The fourth-order valence-electron chi connectivity index (χ4n) is 2.52. The van der Waals surface area contributed by atoms with E-state index in [2.05, 4.69) is 10.3 Å². The van der Waals surface area contributed by atoms with Crippen LogP contribution in [0.5, 0.6) is 5.75 Å². The molecule has 0 aliphatic heterocycles. The van der Waals surface area contributed by atoms with E-state index in [1.807, 2.05) is 57.2 Å². The topological polar surface area (TPSA) is 67.3 Å². The lowest BCUT2D eigenvalue weighted by Crippen LogP contribution is -2.26. The Morgan fingerprint density at radius 3 is 2.83 bits per heavy atom. The first-order valence-electron chi connectivity index (χ1n) is 7.69. The maximum atomic E-state index is 12.4. The molecule has 0 spiro atoms. The third kappa shape index (κ3) is 3.23. The molecule has 0 aliphatic carbocycles. The zero-order valence-corrected chi connectivity index (χ0v) is 13.5. The van der Waals surface area contributed by atoms with Crippen LogP contribution in [0.15, 0.2) is 40.8 Å². The molecule has 2 aromatic heterocycles. The zero-order valence-electron chi connectivity index (χ0n) is 13.5. The average Bonchev–Trinajstić information content (AvgIpc) is 3.13. The number of carbonyl (C=O) groups is 1. The Bertz CT molecular complexity index is 832. The van der Waals surface area contributed by atoms with Crippen molar-refractivity contribution in [3.63, 3.8) is 0 Å². The van der Waals surface area contributed by atoms with Gasteiger partial charge in [-0.15, -0.1) is 0 Å². The highest BCUT2D eigenvalue weighted by atomic mass is 16.5. The third-order valence-corrected chi connectivity index (χ3v) is 3.69. The number of hydrogen-bond acceptors (Lipinski definition) is 3. The molecule has 120 valence electrons. The summed E-state index contributed by atoms with van der Waals surface area (Å²) in [5.41, 5.74) is 1.39. The second kappa shape index (κ2) is 6.20. The smallest absolute Gasteiger partial charge is 0.268 e. The highest BCUT2D eigenvalue weighted by Crippen LogP contribution is 2.22. The Balaban J connectivity index is 1.77. The maximum absolute atomic E-state index is 12.4. The van der Waals surface area contributed by atoms with Crippen molar-refractivity contribution < 1.29 is 13.9 Å². The lowest BCUT2D eigenvalue weighted by atomic mass is 10.2. The van der Waals surface area contributed by atoms with Gasteiger partial charge < -0.3 is 19.5 Å². The first kappa shape index (κ1) is 15.2. The highest BCUT2D eigenvalue weighted by molar-refractivity contribution is 5.98. The molecule has 0 radical (unpaired) electrons. The molecule has 0 fully saturated rings. The molecular formula is C18H20N2O3. The Hall–Kier alpha value is -2.69. The maximum Gasteiger partial charge on any atom is 0.268 e. The fourth-order valence-corrected chi connectivity index (χ4v) is 2.52. The summed E-state index contributed by atoms with van der Waals surface area (Å²) >= 11 is 0. The molecule has 0 bridgehead atoms. The molecule has 3 aromatic rings. The molecule has 1 aromatic carbocycles. The van der Waals surface area contributed by atoms with E-state index in [0.29, 0.717) is 12.3 Å². The van der Waals surface area contributed by atoms with Gasteiger partial charge in [-0.25, -0.2) is 0 Å². The van der Waals surface area contributed by atoms with E-state index in [0.717, 1.165) is 28.2 Å². The molecule has 3 rings (SSSR count). The van der Waals surface area contributed by atoms with E-state index in [1.54, 1.807) is 0 Å². The van der Waals surface area contributed by atoms with E-state index < -0.39 is 0 Å². The van der Waals surface area contributed by atoms with Crippen LogP contribution in [-0.4, -0.2) is 17.5 Å². The van der Waals surface area contributed by atoms with E-state index in [4.69, 9.17) is 9.15 Å². The largest absolute Gasteiger partial charge is 0.494 e. The number of ether oxygens (including phenoxy) is 1. The van der Waals surface area contributed by atoms with Crippen LogP contribution >= 0.6 is 0 Å². The van der Waals surface area contributed by atoms with Crippen molar-refractivity contribution in [3.05, 3.63) is 53.6 Å². The van der Waals surface area contributed by atoms with E-state index >= 15 is 0 Å². The second-order valence-electron chi connectivity index (χ2n) is 5.51. The summed E-state index contributed by atoms with van der Waals surface area (Å²) in [6.45, 7) is 6.33. The second-order valence-corrected chi connectivity index (χ2v) is 5.51. The van der Waals surface area contributed by atoms with Crippen LogP contribution in [0.4, 0.5) is 0 Å². The summed E-state index contributed by atoms with van der Waals surface area (Å²) in [5, 5.41) is 3.90. The van der Waals surface area contributed by atoms with Crippen LogP contribution in [0.25, 0.3) is 10.9 Å². The van der Waals surface area contributed by atoms with Crippen molar-refractivity contribution >= 4 is 16.8 Å². The van der Waals surface area contributed by atoms with Crippen molar-refractivity contribution in [1.82, 2.24) is 10.3 Å². The van der Waals surface area contributed by atoms with Crippen LogP contribution in [0, 0.1) is 6.92 Å². The molecule has 23 heavy (non-hydrogen) atoms. The van der Waals surface area contributed by atoms with Crippen molar-refractivity contribution in [3.8, 4) is 5.75 Å². The molecule has 5 nitrogen and oxygen atoms in total. The standard InChI is InChI=1S/C18H20N2O3/c1-4-22-14-7-6-13-9-16(20-15(13)10-14)18(21)19-12(3)17-8-5-11(2)23-17/h5-10,12,20H,4H2,1-3H3,(H,19,21). The summed E-state index contributed by atoms with van der Waals surface area (Å²) in [6.07, 6.45) is 0. The van der Waals surface area contributed by atoms with Crippen LogP contribution < -0.4 is 10.1 Å². The monoisotopic (exact) mass is 312 g/mol. The minimum Gasteiger partial charge on any atom is -0.494 e. The lowest BCUT2D eigenvalue weighted by Gasteiger charge is -2.10. The summed E-state index contributed by atoms with van der Waals surface area (Å²) in [4.78, 5) is 15.5. The number of hydrogen-bond donors (Lipinski definition) is 2. The van der Waals surface area contributed by atoms with Gasteiger partial charge in [0, 0.05) is 17.0 Å². The van der Waals surface area contributed by atoms with Crippen LogP contribution in [0.1, 0.15) is 41.9 Å². The number of amides is 1. The number of H-pyrrole nitrogens is 1. The minimum atomic E-state index is -0.193. The van der Waals surface area contributed by atoms with Crippen molar-refractivity contribution in [2.75, 3.05) is 6.61 Å². The summed E-state index contributed by atoms with van der Waals surface area (Å²) in [7, 11) is 0. The van der Waals surface area contributed by atoms with E-state index in [1.165, 1.54) is 0 Å². The van der Waals surface area contributed by atoms with Gasteiger partial charge in [-0.05, 0) is 51.1 Å². The molecule has 1 amide bonds. The third-order valence-electron chi connectivity index (χ3n) is 3.69. The number of benzene rings is 1. The normalized spacial score (nSPS) is 12.3. The summed E-state index contributed by atoms with van der Waals surface area (Å²) in [6, 6.07) is 11.1. The molecule has 1 atom stereocenters. The number of aryl methyl sites for hydroxylation is 1. The highest BCUT2D eigenvalue weighted by Gasteiger charge is 2.16. The minimum absolute atomic E-state index is 0.166. The van der Waals surface area contributed by atoms with E-state index in [-0.39, 0.29) is 11.9 Å². The first-order chi connectivity index (χ1) is 11.1. The number of aromatic amines is 1. The van der Waals surface area contributed by atoms with E-state index in [9.17, 15) is 4.79 Å². The van der Waals surface area contributed by atoms with Gasteiger partial charge in [-0.2, -0.15) is 0 Å². The molecule has 1 unspecified atom stereocenters. The zero-order chi connectivity index (χ0) is 16.4. The Morgan fingerprint density at radius 2 is 2.13 bits per heavy atom. The number of rotatable bonds is 5. The predicted molar refractivity (Wildman–Crippen MR) is 88.8 cm³/mol. The van der Waals surface area contributed by atoms with Gasteiger partial charge in [0.05, 0.1) is 12.6 Å². The lowest BCUT2D eigenvalue weighted by molar-refractivity contribution is 0.0931. The quantitative estimate of drug-likeness (QED) is 0.749. The Morgan fingerprint density at radius 1 is 1.30 bits per heavy atom. The average molecular weight is 312 g/mol. The predicted octanol–water partition coefficient (Wildman–Crippen LogP) is 3.96. The molecular weight excluding hydrogens is 292 g/mol. The molecule has 0 aliphatic rings. The van der Waals surface area contributed by atoms with Crippen LogP contribution in [0.2, 0.25) is 0 Å².